The Labute approximate surface area is 97.4 Å². The summed E-state index contributed by atoms with van der Waals surface area (Å²) in [6, 6.07) is 3.05. The van der Waals surface area contributed by atoms with Gasteiger partial charge in [-0.2, -0.15) is 18.2 Å². The van der Waals surface area contributed by atoms with Gasteiger partial charge in [-0.25, -0.2) is 8.42 Å². The standard InChI is InChI=1S/C8H3ClF3NO3S/c9-17(14,15)7-13-5-3-1-2-4(6(5)16-7)8(10,11)12/h1-3H. The summed E-state index contributed by atoms with van der Waals surface area (Å²) in [5.74, 6) is 0. The Morgan fingerprint density at radius 3 is 2.47 bits per heavy atom. The zero-order valence-electron chi connectivity index (χ0n) is 7.82. The molecular formula is C8H3ClF3NO3S. The molecule has 4 nitrogen and oxygen atoms in total. The molecule has 17 heavy (non-hydrogen) atoms. The molecule has 92 valence electrons. The van der Waals surface area contributed by atoms with Gasteiger partial charge in [0.25, 0.3) is 0 Å². The topological polar surface area (TPSA) is 60.2 Å². The van der Waals surface area contributed by atoms with E-state index in [1.807, 2.05) is 0 Å². The molecule has 0 atom stereocenters. The third-order valence-electron chi connectivity index (χ3n) is 1.91. The predicted molar refractivity (Wildman–Crippen MR) is 52.0 cm³/mol. The van der Waals surface area contributed by atoms with Gasteiger partial charge >= 0.3 is 20.4 Å². The Hall–Kier alpha value is -1.28. The highest BCUT2D eigenvalue weighted by Gasteiger charge is 2.35. The summed E-state index contributed by atoms with van der Waals surface area (Å²) < 4.78 is 64.0. The summed E-state index contributed by atoms with van der Waals surface area (Å²) in [6.07, 6.45) is -4.66. The lowest BCUT2D eigenvalue weighted by atomic mass is 10.2. The number of aromatic nitrogens is 1. The van der Waals surface area contributed by atoms with Crippen molar-refractivity contribution in [1.82, 2.24) is 4.98 Å². The fourth-order valence-corrected chi connectivity index (χ4v) is 1.84. The van der Waals surface area contributed by atoms with Crippen LogP contribution in [-0.4, -0.2) is 13.4 Å². The molecule has 0 saturated heterocycles. The number of hydrogen-bond acceptors (Lipinski definition) is 4. The molecule has 0 aliphatic heterocycles. The number of alkyl halides is 3. The summed E-state index contributed by atoms with van der Waals surface area (Å²) in [6.45, 7) is 0. The lowest BCUT2D eigenvalue weighted by Crippen LogP contribution is -2.04. The zero-order chi connectivity index (χ0) is 12.8. The van der Waals surface area contributed by atoms with E-state index in [2.05, 4.69) is 9.40 Å². The minimum atomic E-state index is -4.66. The highest BCUT2D eigenvalue weighted by Crippen LogP contribution is 2.35. The minimum Gasteiger partial charge on any atom is -0.426 e. The molecule has 0 N–H and O–H groups in total. The van der Waals surface area contributed by atoms with Crippen molar-refractivity contribution >= 4 is 30.8 Å². The maximum absolute atomic E-state index is 12.6. The molecule has 0 aliphatic carbocycles. The molecule has 1 aromatic carbocycles. The maximum Gasteiger partial charge on any atom is 0.420 e. The Morgan fingerprint density at radius 2 is 1.94 bits per heavy atom. The van der Waals surface area contributed by atoms with Crippen molar-refractivity contribution in [3.8, 4) is 0 Å². The molecule has 0 unspecified atom stereocenters. The van der Waals surface area contributed by atoms with Crippen LogP contribution in [0.4, 0.5) is 13.2 Å². The average molecular weight is 286 g/mol. The van der Waals surface area contributed by atoms with Crippen molar-refractivity contribution in [3.63, 3.8) is 0 Å². The first-order valence-corrected chi connectivity index (χ1v) is 6.42. The van der Waals surface area contributed by atoms with Crippen LogP contribution < -0.4 is 0 Å². The number of para-hydroxylation sites is 1. The molecule has 0 bridgehead atoms. The number of hydrogen-bond donors (Lipinski definition) is 0. The van der Waals surface area contributed by atoms with Crippen molar-refractivity contribution < 1.29 is 26.0 Å². The summed E-state index contributed by atoms with van der Waals surface area (Å²) >= 11 is 0. The van der Waals surface area contributed by atoms with Crippen LogP contribution >= 0.6 is 10.7 Å². The van der Waals surface area contributed by atoms with Gasteiger partial charge in [0.15, 0.2) is 5.58 Å². The van der Waals surface area contributed by atoms with Crippen LogP contribution in [0.5, 0.6) is 0 Å². The average Bonchev–Trinajstić information content (AvgIpc) is 2.57. The van der Waals surface area contributed by atoms with Crippen molar-refractivity contribution in [2.45, 2.75) is 11.4 Å². The summed E-state index contributed by atoms with van der Waals surface area (Å²) in [7, 11) is 0.632. The number of rotatable bonds is 1. The largest absolute Gasteiger partial charge is 0.426 e. The van der Waals surface area contributed by atoms with Gasteiger partial charge in [0, 0.05) is 10.7 Å². The van der Waals surface area contributed by atoms with Gasteiger partial charge in [0.05, 0.1) is 0 Å². The fraction of sp³-hybridized carbons (Fsp3) is 0.125. The van der Waals surface area contributed by atoms with E-state index in [1.54, 1.807) is 0 Å². The quantitative estimate of drug-likeness (QED) is 0.756. The minimum absolute atomic E-state index is 0.223. The highest BCUT2D eigenvalue weighted by atomic mass is 35.7. The second-order valence-electron chi connectivity index (χ2n) is 3.07. The highest BCUT2D eigenvalue weighted by molar-refractivity contribution is 8.13. The van der Waals surface area contributed by atoms with Crippen molar-refractivity contribution in [3.05, 3.63) is 23.8 Å². The second-order valence-corrected chi connectivity index (χ2v) is 5.51. The molecule has 1 aromatic heterocycles. The molecule has 2 aromatic rings. The van der Waals surface area contributed by atoms with E-state index >= 15 is 0 Å². The van der Waals surface area contributed by atoms with Crippen LogP contribution in [0.25, 0.3) is 11.1 Å². The Morgan fingerprint density at radius 1 is 1.29 bits per heavy atom. The SMILES string of the molecule is O=S(=O)(Cl)c1nc2cccc(C(F)(F)F)c2o1. The molecule has 0 aliphatic rings. The summed E-state index contributed by atoms with van der Waals surface area (Å²) in [5.41, 5.74) is -1.98. The zero-order valence-corrected chi connectivity index (χ0v) is 9.40. The number of halogens is 4. The molecule has 2 rings (SSSR count). The van der Waals surface area contributed by atoms with E-state index in [1.165, 1.54) is 6.07 Å². The van der Waals surface area contributed by atoms with Crippen LogP contribution in [0.2, 0.25) is 0 Å². The molecule has 9 heteroatoms. The van der Waals surface area contributed by atoms with E-state index in [9.17, 15) is 21.6 Å². The van der Waals surface area contributed by atoms with Crippen LogP contribution in [0.1, 0.15) is 5.56 Å². The van der Waals surface area contributed by atoms with Crippen LogP contribution in [0.15, 0.2) is 27.8 Å². The van der Waals surface area contributed by atoms with Gasteiger partial charge in [-0.05, 0) is 12.1 Å². The van der Waals surface area contributed by atoms with Crippen LogP contribution in [-0.2, 0) is 15.2 Å². The van der Waals surface area contributed by atoms with E-state index in [0.29, 0.717) is 0 Å². The van der Waals surface area contributed by atoms with Crippen LogP contribution in [0.3, 0.4) is 0 Å². The molecule has 0 radical (unpaired) electrons. The van der Waals surface area contributed by atoms with Crippen molar-refractivity contribution in [1.29, 1.82) is 0 Å². The first-order chi connectivity index (χ1) is 7.69. The third kappa shape index (κ3) is 2.22. The lowest BCUT2D eigenvalue weighted by molar-refractivity contribution is -0.136. The first-order valence-electron chi connectivity index (χ1n) is 4.11. The Balaban J connectivity index is 2.79. The smallest absolute Gasteiger partial charge is 0.420 e. The number of benzene rings is 1. The summed E-state index contributed by atoms with van der Waals surface area (Å²) in [5, 5.41) is -0.953. The molecular weight excluding hydrogens is 283 g/mol. The lowest BCUT2D eigenvalue weighted by Gasteiger charge is -2.05. The maximum atomic E-state index is 12.6. The number of nitrogens with zero attached hydrogens (tertiary/aromatic N) is 1. The fourth-order valence-electron chi connectivity index (χ4n) is 1.26. The molecule has 0 saturated carbocycles. The van der Waals surface area contributed by atoms with Gasteiger partial charge in [-0.3, -0.25) is 0 Å². The van der Waals surface area contributed by atoms with Gasteiger partial charge < -0.3 is 4.42 Å². The Bertz CT molecular complexity index is 677. The molecule has 1 heterocycles. The van der Waals surface area contributed by atoms with Crippen molar-refractivity contribution in [2.75, 3.05) is 0 Å². The normalized spacial score (nSPS) is 13.2. The second kappa shape index (κ2) is 3.61. The number of oxazole rings is 1. The molecule has 0 fully saturated rings. The molecule has 0 amide bonds. The van der Waals surface area contributed by atoms with E-state index in [4.69, 9.17) is 10.7 Å². The number of fused-ring (bicyclic) bond motifs is 1. The van der Waals surface area contributed by atoms with E-state index in [0.717, 1.165) is 12.1 Å². The van der Waals surface area contributed by atoms with Crippen molar-refractivity contribution in [2.24, 2.45) is 0 Å². The third-order valence-corrected chi connectivity index (χ3v) is 2.90. The van der Waals surface area contributed by atoms with E-state index in [-0.39, 0.29) is 5.52 Å². The van der Waals surface area contributed by atoms with E-state index < -0.39 is 31.6 Å². The Kier molecular flexibility index (Phi) is 2.58. The van der Waals surface area contributed by atoms with Gasteiger partial charge in [0.2, 0.25) is 0 Å². The molecule has 0 spiro atoms. The first kappa shape index (κ1) is 12.2. The van der Waals surface area contributed by atoms with Gasteiger partial charge in [-0.15, -0.1) is 0 Å². The summed E-state index contributed by atoms with van der Waals surface area (Å²) in [4.78, 5) is 3.37. The van der Waals surface area contributed by atoms with Crippen LogP contribution in [0, 0.1) is 0 Å². The van der Waals surface area contributed by atoms with Gasteiger partial charge in [0.1, 0.15) is 11.1 Å². The predicted octanol–water partition coefficient (Wildman–Crippen LogP) is 2.77. The van der Waals surface area contributed by atoms with Gasteiger partial charge in [-0.1, -0.05) is 6.07 Å². The monoisotopic (exact) mass is 285 g/mol.